The molecule has 3 fully saturated rings. The summed E-state index contributed by atoms with van der Waals surface area (Å²) in [5.74, 6) is -9.72. The maximum atomic E-state index is 14.1. The Morgan fingerprint density at radius 1 is 0.957 bits per heavy atom. The fourth-order valence-corrected chi connectivity index (χ4v) is 8.80. The molecule has 2 aliphatic carbocycles. The van der Waals surface area contributed by atoms with E-state index in [1.54, 1.807) is 0 Å². The Labute approximate surface area is 280 Å². The van der Waals surface area contributed by atoms with Crippen LogP contribution < -0.4 is 9.64 Å². The van der Waals surface area contributed by atoms with Crippen LogP contribution in [0.5, 0.6) is 11.5 Å². The quantitative estimate of drug-likeness (QED) is 0.128. The molecular weight excluding hydrogens is 749 g/mol. The van der Waals surface area contributed by atoms with Crippen molar-refractivity contribution in [2.75, 3.05) is 17.5 Å². The summed E-state index contributed by atoms with van der Waals surface area (Å²) in [7, 11) is 1.27. The van der Waals surface area contributed by atoms with Gasteiger partial charge < -0.3 is 9.84 Å². The van der Waals surface area contributed by atoms with E-state index in [-0.39, 0.29) is 47.0 Å². The van der Waals surface area contributed by atoms with E-state index in [1.165, 1.54) is 31.4 Å². The monoisotopic (exact) mass is 768 g/mol. The average Bonchev–Trinajstić information content (AvgIpc) is 3.33. The molecule has 2 aromatic carbocycles. The highest BCUT2D eigenvalue weighted by atomic mass is 79.9. The molecule has 8 nitrogen and oxygen atoms in total. The van der Waals surface area contributed by atoms with Crippen molar-refractivity contribution < 1.29 is 55.4 Å². The van der Waals surface area contributed by atoms with Crippen molar-refractivity contribution in [3.63, 3.8) is 0 Å². The Morgan fingerprint density at radius 2 is 1.57 bits per heavy atom. The van der Waals surface area contributed by atoms with E-state index in [9.17, 15) is 50.6 Å². The molecule has 47 heavy (non-hydrogen) atoms. The molecule has 0 bridgehead atoms. The minimum Gasteiger partial charge on any atom is -0.508 e. The van der Waals surface area contributed by atoms with E-state index in [4.69, 9.17) is 27.9 Å². The number of carbonyl (C=O) groups is 4. The highest BCUT2D eigenvalue weighted by molar-refractivity contribution is 9.09. The number of fused-ring (bicyclic) bond motifs is 4. The molecule has 2 aromatic rings. The lowest BCUT2D eigenvalue weighted by Crippen LogP contribution is -2.60. The van der Waals surface area contributed by atoms with Gasteiger partial charge in [-0.05, 0) is 49.1 Å². The number of amides is 4. The van der Waals surface area contributed by atoms with Gasteiger partial charge in [0.1, 0.15) is 11.5 Å². The number of alkyl halides is 9. The lowest BCUT2D eigenvalue weighted by Gasteiger charge is -2.50. The van der Waals surface area contributed by atoms with Crippen LogP contribution in [0.1, 0.15) is 35.4 Å². The van der Waals surface area contributed by atoms with Crippen molar-refractivity contribution in [3.8, 4) is 11.5 Å². The standard InChI is InChI=1S/C30H21BrCl2F6N2O6/c1-47-19-4-2-3-18(42)21(19)22-15-5-6-16-20(17(15)10-27(32)25(45)40(11-31)26(46)28(22,27)33)24(44)41(23(16)43)14-8-12(29(34,35)36)7-13(9-14)30(37,38)39/h2-5,7-9,16-17,20,22,42H,6,10-11H2,1H3/t16-,17+,20-,22+,27+,28-/m0/s1. The Morgan fingerprint density at radius 3 is 2.13 bits per heavy atom. The lowest BCUT2D eigenvalue weighted by atomic mass is 9.56. The lowest BCUT2D eigenvalue weighted by molar-refractivity contribution is -0.143. The Bertz CT molecular complexity index is 1750. The number of carbonyl (C=O) groups excluding carboxylic acids is 4. The first-order chi connectivity index (χ1) is 21.8. The van der Waals surface area contributed by atoms with Crippen molar-refractivity contribution >= 4 is 68.4 Å². The Balaban J connectivity index is 1.53. The first-order valence-corrected chi connectivity index (χ1v) is 15.7. The number of halogens is 9. The highest BCUT2D eigenvalue weighted by Gasteiger charge is 2.76. The van der Waals surface area contributed by atoms with Gasteiger partial charge in [-0.2, -0.15) is 26.3 Å². The van der Waals surface area contributed by atoms with E-state index >= 15 is 0 Å². The second-order valence-electron chi connectivity index (χ2n) is 11.7. The summed E-state index contributed by atoms with van der Waals surface area (Å²) in [5, 5.41) is 11.1. The summed E-state index contributed by atoms with van der Waals surface area (Å²) >= 11 is 17.3. The van der Waals surface area contributed by atoms with E-state index in [1.807, 2.05) is 0 Å². The Hall–Kier alpha value is -3.30. The zero-order valence-electron chi connectivity index (χ0n) is 23.8. The second kappa shape index (κ2) is 10.9. The maximum absolute atomic E-state index is 14.1. The topological polar surface area (TPSA) is 104 Å². The average molecular weight is 770 g/mol. The minimum atomic E-state index is -5.25. The third-order valence-electron chi connectivity index (χ3n) is 9.40. The number of aromatic hydroxyl groups is 1. The van der Waals surface area contributed by atoms with Gasteiger partial charge in [-0.15, -0.1) is 23.2 Å². The molecule has 250 valence electrons. The largest absolute Gasteiger partial charge is 0.508 e. The molecule has 1 saturated carbocycles. The van der Waals surface area contributed by atoms with Crippen molar-refractivity contribution in [2.45, 2.75) is 40.9 Å². The van der Waals surface area contributed by atoms with E-state index in [0.717, 1.165) is 4.90 Å². The van der Waals surface area contributed by atoms with Gasteiger partial charge in [-0.25, -0.2) is 4.90 Å². The van der Waals surface area contributed by atoms with Gasteiger partial charge in [-0.1, -0.05) is 33.6 Å². The molecule has 4 amide bonds. The minimum absolute atomic E-state index is 0.0364. The number of hydrogen-bond donors (Lipinski definition) is 1. The zero-order chi connectivity index (χ0) is 34.6. The summed E-state index contributed by atoms with van der Waals surface area (Å²) in [6, 6.07) is 4.60. The van der Waals surface area contributed by atoms with Gasteiger partial charge in [0.15, 0.2) is 9.75 Å². The molecule has 2 saturated heterocycles. The number of methoxy groups -OCH3 is 1. The number of likely N-dealkylation sites (tertiary alicyclic amines) is 1. The number of phenolic OH excluding ortho intramolecular Hbond substituents is 1. The van der Waals surface area contributed by atoms with Gasteiger partial charge in [0.2, 0.25) is 11.8 Å². The molecule has 17 heteroatoms. The molecule has 6 rings (SSSR count). The summed E-state index contributed by atoms with van der Waals surface area (Å²) in [6.07, 6.45) is -9.75. The molecule has 2 aliphatic heterocycles. The van der Waals surface area contributed by atoms with Gasteiger partial charge >= 0.3 is 12.4 Å². The summed E-state index contributed by atoms with van der Waals surface area (Å²) in [5.41, 5.74) is -4.54. The molecule has 0 aromatic heterocycles. The van der Waals surface area contributed by atoms with Gasteiger partial charge in [-0.3, -0.25) is 24.1 Å². The summed E-state index contributed by atoms with van der Waals surface area (Å²) < 4.78 is 87.5. The Kier molecular flexibility index (Phi) is 7.76. The van der Waals surface area contributed by atoms with Gasteiger partial charge in [0.05, 0.1) is 41.2 Å². The predicted molar refractivity (Wildman–Crippen MR) is 157 cm³/mol. The van der Waals surface area contributed by atoms with E-state index in [0.29, 0.717) is 4.90 Å². The zero-order valence-corrected chi connectivity index (χ0v) is 26.9. The molecule has 0 radical (unpaired) electrons. The summed E-state index contributed by atoms with van der Waals surface area (Å²) in [4.78, 5) is 51.9. The molecule has 2 heterocycles. The fourth-order valence-electron chi connectivity index (χ4n) is 7.39. The van der Waals surface area contributed by atoms with E-state index < -0.39 is 98.4 Å². The fraction of sp³-hybridized carbons (Fsp3) is 0.400. The summed E-state index contributed by atoms with van der Waals surface area (Å²) in [6.45, 7) is 0. The number of benzene rings is 2. The maximum Gasteiger partial charge on any atom is 0.416 e. The SMILES string of the molecule is COc1cccc(O)c1[C@H]1C2=CC[C@@H]3C(=O)N(c4cc(C(F)(F)F)cc(C(F)(F)F)c4)C(=O)[C@@H]3[C@@H]2C[C@@]2(Cl)C(=O)N(CBr)C(=O)[C@@]12Cl. The van der Waals surface area contributed by atoms with Gasteiger partial charge in [0.25, 0.3) is 11.8 Å². The number of imide groups is 2. The van der Waals surface area contributed by atoms with Crippen LogP contribution in [-0.2, 0) is 31.5 Å². The van der Waals surface area contributed by atoms with Crippen LogP contribution in [0.15, 0.2) is 48.0 Å². The number of ether oxygens (including phenoxy) is 1. The van der Waals surface area contributed by atoms with Crippen LogP contribution in [0, 0.1) is 17.8 Å². The van der Waals surface area contributed by atoms with Crippen LogP contribution in [0.2, 0.25) is 0 Å². The van der Waals surface area contributed by atoms with Crippen LogP contribution in [0.3, 0.4) is 0 Å². The molecule has 0 spiro atoms. The third-order valence-corrected chi connectivity index (χ3v) is 11.3. The molecule has 0 unspecified atom stereocenters. The number of allylic oxidation sites excluding steroid dienone is 2. The molecular formula is C30H21BrCl2F6N2O6. The van der Waals surface area contributed by atoms with E-state index in [2.05, 4.69) is 15.9 Å². The third kappa shape index (κ3) is 4.62. The number of phenols is 1. The number of nitrogens with zero attached hydrogens (tertiary/aromatic N) is 2. The van der Waals surface area contributed by atoms with Crippen molar-refractivity contribution in [1.82, 2.24) is 4.90 Å². The van der Waals surface area contributed by atoms with Crippen molar-refractivity contribution in [2.24, 2.45) is 17.8 Å². The first-order valence-electron chi connectivity index (χ1n) is 13.9. The second-order valence-corrected chi connectivity index (χ2v) is 13.4. The number of rotatable bonds is 4. The van der Waals surface area contributed by atoms with Crippen LogP contribution in [0.25, 0.3) is 0 Å². The predicted octanol–water partition coefficient (Wildman–Crippen LogP) is 6.35. The van der Waals surface area contributed by atoms with Crippen LogP contribution >= 0.6 is 39.1 Å². The normalized spacial score (nSPS) is 30.7. The molecule has 6 atom stereocenters. The number of hydrogen-bond acceptors (Lipinski definition) is 6. The van der Waals surface area contributed by atoms with Crippen LogP contribution in [0.4, 0.5) is 32.0 Å². The highest BCUT2D eigenvalue weighted by Crippen LogP contribution is 2.67. The number of anilines is 1. The molecule has 4 aliphatic rings. The van der Waals surface area contributed by atoms with Crippen LogP contribution in [-0.4, -0.2) is 55.9 Å². The van der Waals surface area contributed by atoms with Crippen molar-refractivity contribution in [3.05, 3.63) is 64.7 Å². The van der Waals surface area contributed by atoms with Crippen molar-refractivity contribution in [1.29, 1.82) is 0 Å². The van der Waals surface area contributed by atoms with Gasteiger partial charge in [0, 0.05) is 11.5 Å². The smallest absolute Gasteiger partial charge is 0.416 e. The first kappa shape index (κ1) is 33.6. The molecule has 1 N–H and O–H groups in total.